The lowest BCUT2D eigenvalue weighted by molar-refractivity contribution is -0.283. The smallest absolute Gasteiger partial charge is 0.416 e. The average Bonchev–Trinajstić information content (AvgIpc) is 2.63. The van der Waals surface area contributed by atoms with E-state index in [1.54, 1.807) is 30.3 Å². The van der Waals surface area contributed by atoms with Crippen LogP contribution in [0.5, 0.6) is 0 Å². The zero-order valence-corrected chi connectivity index (χ0v) is 14.7. The third kappa shape index (κ3) is 6.97. The van der Waals surface area contributed by atoms with Crippen molar-refractivity contribution in [2.24, 2.45) is 0 Å². The number of rotatable bonds is 7. The fourth-order valence-electron chi connectivity index (χ4n) is 2.56. The lowest BCUT2D eigenvalue weighted by Crippen LogP contribution is -2.27. The topological polar surface area (TPSA) is 58.6 Å². The number of benzene rings is 2. The molecule has 0 spiro atoms. The lowest BCUT2D eigenvalue weighted by Gasteiger charge is -2.20. The second-order valence-corrected chi connectivity index (χ2v) is 6.10. The van der Waals surface area contributed by atoms with Gasteiger partial charge in [0.05, 0.1) is 24.3 Å². The summed E-state index contributed by atoms with van der Waals surface area (Å²) in [7, 11) is 0. The molecule has 0 fully saturated rings. The summed E-state index contributed by atoms with van der Waals surface area (Å²) in [5, 5.41) is 10.5. The Balaban J connectivity index is 2.15. The standard InChI is InChI=1S/C19H16F6O4/c20-18(21,22)15-6-12(7-16(8-15)19(23,24)25)9-28-10-14(11-29-17(26)27)13-4-2-1-3-5-13/h1-8,14H,9-11H2,(H,26,27)/p-1. The second kappa shape index (κ2) is 9.17. The van der Waals surface area contributed by atoms with E-state index in [4.69, 9.17) is 4.74 Å². The van der Waals surface area contributed by atoms with Crippen LogP contribution in [0.25, 0.3) is 0 Å². The average molecular weight is 421 g/mol. The molecule has 0 saturated heterocycles. The van der Waals surface area contributed by atoms with Crippen molar-refractivity contribution < 1.29 is 45.7 Å². The Labute approximate surface area is 161 Å². The largest absolute Gasteiger partial charge is 0.549 e. The minimum absolute atomic E-state index is 0.0317. The van der Waals surface area contributed by atoms with E-state index in [1.807, 2.05) is 0 Å². The zero-order valence-electron chi connectivity index (χ0n) is 14.7. The summed E-state index contributed by atoms with van der Waals surface area (Å²) >= 11 is 0. The molecule has 0 heterocycles. The summed E-state index contributed by atoms with van der Waals surface area (Å²) in [6.45, 7) is -1.08. The highest BCUT2D eigenvalue weighted by molar-refractivity contribution is 5.54. The van der Waals surface area contributed by atoms with Crippen molar-refractivity contribution >= 4 is 6.16 Å². The molecule has 158 valence electrons. The predicted molar refractivity (Wildman–Crippen MR) is 86.6 cm³/mol. The Morgan fingerprint density at radius 1 is 0.897 bits per heavy atom. The number of halogens is 6. The Kier molecular flexibility index (Phi) is 7.12. The van der Waals surface area contributed by atoms with Crippen molar-refractivity contribution in [2.45, 2.75) is 24.9 Å². The first-order valence-electron chi connectivity index (χ1n) is 8.21. The summed E-state index contributed by atoms with van der Waals surface area (Å²) < 4.78 is 87.1. The molecule has 0 aliphatic rings. The summed E-state index contributed by atoms with van der Waals surface area (Å²) in [6, 6.07) is 9.53. The van der Waals surface area contributed by atoms with Crippen LogP contribution in [-0.4, -0.2) is 19.4 Å². The quantitative estimate of drug-likeness (QED) is 0.492. The molecule has 2 aromatic carbocycles. The maximum atomic E-state index is 12.9. The third-order valence-corrected chi connectivity index (χ3v) is 3.91. The fraction of sp³-hybridized carbons (Fsp3) is 0.316. The van der Waals surface area contributed by atoms with Crippen LogP contribution in [0.1, 0.15) is 28.2 Å². The van der Waals surface area contributed by atoms with E-state index in [2.05, 4.69) is 4.74 Å². The molecule has 0 saturated carbocycles. The molecule has 10 heteroatoms. The first kappa shape index (κ1) is 22.5. The fourth-order valence-corrected chi connectivity index (χ4v) is 2.56. The zero-order chi connectivity index (χ0) is 21.7. The van der Waals surface area contributed by atoms with Crippen LogP contribution in [0.15, 0.2) is 48.5 Å². The number of hydrogen-bond donors (Lipinski definition) is 0. The molecule has 4 nitrogen and oxygen atoms in total. The van der Waals surface area contributed by atoms with Gasteiger partial charge in [0.1, 0.15) is 0 Å². The predicted octanol–water partition coefficient (Wildman–Crippen LogP) is 4.38. The molecule has 0 aliphatic carbocycles. The highest BCUT2D eigenvalue weighted by Crippen LogP contribution is 2.36. The van der Waals surface area contributed by atoms with Gasteiger partial charge in [-0.05, 0) is 29.3 Å². The molecule has 2 aromatic rings. The number of hydrogen-bond acceptors (Lipinski definition) is 4. The molecule has 0 aliphatic heterocycles. The first-order chi connectivity index (χ1) is 13.5. The van der Waals surface area contributed by atoms with Gasteiger partial charge in [-0.2, -0.15) is 26.3 Å². The van der Waals surface area contributed by atoms with Gasteiger partial charge in [0, 0.05) is 12.5 Å². The van der Waals surface area contributed by atoms with Crippen molar-refractivity contribution in [3.8, 4) is 0 Å². The van der Waals surface area contributed by atoms with Crippen molar-refractivity contribution in [2.75, 3.05) is 13.2 Å². The normalized spacial score (nSPS) is 13.2. The number of carboxylic acid groups (broad SMARTS) is 1. The number of ether oxygens (including phenoxy) is 2. The van der Waals surface area contributed by atoms with E-state index in [9.17, 15) is 36.2 Å². The molecule has 0 bridgehead atoms. The van der Waals surface area contributed by atoms with Crippen LogP contribution < -0.4 is 5.11 Å². The van der Waals surface area contributed by atoms with Gasteiger partial charge < -0.3 is 19.4 Å². The Morgan fingerprint density at radius 3 is 1.93 bits per heavy atom. The number of carbonyl (C=O) groups is 1. The Hall–Kier alpha value is -2.75. The van der Waals surface area contributed by atoms with E-state index >= 15 is 0 Å². The molecule has 1 atom stereocenters. The van der Waals surface area contributed by atoms with Crippen LogP contribution in [0, 0.1) is 0 Å². The second-order valence-electron chi connectivity index (χ2n) is 6.10. The van der Waals surface area contributed by atoms with Crippen molar-refractivity contribution in [1.29, 1.82) is 0 Å². The number of alkyl halides is 6. The summed E-state index contributed by atoms with van der Waals surface area (Å²) in [4.78, 5) is 10.5. The molecule has 0 N–H and O–H groups in total. The highest BCUT2D eigenvalue weighted by atomic mass is 19.4. The maximum Gasteiger partial charge on any atom is 0.416 e. The van der Waals surface area contributed by atoms with E-state index < -0.39 is 42.2 Å². The van der Waals surface area contributed by atoms with Gasteiger partial charge in [-0.15, -0.1) is 0 Å². The molecular formula is C19H15F6O4-. The van der Waals surface area contributed by atoms with Crippen LogP contribution in [0.2, 0.25) is 0 Å². The van der Waals surface area contributed by atoms with Gasteiger partial charge in [0.25, 0.3) is 6.16 Å². The van der Waals surface area contributed by atoms with E-state index in [-0.39, 0.29) is 24.8 Å². The molecule has 2 rings (SSSR count). The van der Waals surface area contributed by atoms with Crippen LogP contribution >= 0.6 is 0 Å². The molecule has 1 unspecified atom stereocenters. The molecule has 0 aromatic heterocycles. The van der Waals surface area contributed by atoms with E-state index in [1.165, 1.54) is 0 Å². The summed E-state index contributed by atoms with van der Waals surface area (Å²) in [6.07, 6.45) is -11.7. The maximum absolute atomic E-state index is 12.9. The van der Waals surface area contributed by atoms with Gasteiger partial charge in [0.15, 0.2) is 0 Å². The van der Waals surface area contributed by atoms with Gasteiger partial charge >= 0.3 is 12.4 Å². The molecule has 29 heavy (non-hydrogen) atoms. The van der Waals surface area contributed by atoms with Crippen molar-refractivity contribution in [1.82, 2.24) is 0 Å². The van der Waals surface area contributed by atoms with E-state index in [0.717, 1.165) is 0 Å². The minimum Gasteiger partial charge on any atom is -0.549 e. The van der Waals surface area contributed by atoms with Crippen LogP contribution in [-0.2, 0) is 28.4 Å². The third-order valence-electron chi connectivity index (χ3n) is 3.91. The lowest BCUT2D eigenvalue weighted by atomic mass is 10.0. The van der Waals surface area contributed by atoms with Crippen molar-refractivity contribution in [3.05, 3.63) is 70.8 Å². The molecular weight excluding hydrogens is 406 g/mol. The first-order valence-corrected chi connectivity index (χ1v) is 8.21. The van der Waals surface area contributed by atoms with Crippen molar-refractivity contribution in [3.63, 3.8) is 0 Å². The summed E-state index contributed by atoms with van der Waals surface area (Å²) in [5.41, 5.74) is -2.58. The van der Waals surface area contributed by atoms with Gasteiger partial charge in [-0.25, -0.2) is 0 Å². The number of carbonyl (C=O) groups excluding carboxylic acids is 1. The highest BCUT2D eigenvalue weighted by Gasteiger charge is 2.36. The van der Waals surface area contributed by atoms with Gasteiger partial charge in [0.2, 0.25) is 0 Å². The molecule has 0 amide bonds. The Morgan fingerprint density at radius 2 is 1.45 bits per heavy atom. The van der Waals surface area contributed by atoms with Crippen LogP contribution in [0.3, 0.4) is 0 Å². The molecule has 0 radical (unpaired) electrons. The minimum atomic E-state index is -4.95. The Bertz CT molecular complexity index is 785. The van der Waals surface area contributed by atoms with E-state index in [0.29, 0.717) is 17.7 Å². The van der Waals surface area contributed by atoms with Crippen LogP contribution in [0.4, 0.5) is 31.1 Å². The van der Waals surface area contributed by atoms with Gasteiger partial charge in [-0.1, -0.05) is 30.3 Å². The SMILES string of the molecule is O=C([O-])OCC(COCc1cc(C(F)(F)F)cc(C(F)(F)F)c1)c1ccccc1. The van der Waals surface area contributed by atoms with Gasteiger partial charge in [-0.3, -0.25) is 0 Å². The monoisotopic (exact) mass is 421 g/mol. The summed E-state index contributed by atoms with van der Waals surface area (Å²) in [5.74, 6) is -0.623.